The fraction of sp³-hybridized carbons (Fsp3) is 0.269. The normalized spacial score (nSPS) is 17.9. The first-order valence-electron chi connectivity index (χ1n) is 11.5. The van der Waals surface area contributed by atoms with Gasteiger partial charge in [0.25, 0.3) is 5.91 Å². The third kappa shape index (κ3) is 4.98. The van der Waals surface area contributed by atoms with Crippen LogP contribution in [0.3, 0.4) is 0 Å². The minimum atomic E-state index is -0.947. The first-order valence-corrected chi connectivity index (χ1v) is 11.5. The van der Waals surface area contributed by atoms with Crippen molar-refractivity contribution in [3.05, 3.63) is 84.3 Å². The minimum absolute atomic E-state index is 0.274. The number of nitrogens with one attached hydrogen (secondary N) is 1. The number of urea groups is 1. The number of carbonyl (C=O) groups is 3. The number of para-hydroxylation sites is 1. The second-order valence-electron chi connectivity index (χ2n) is 8.48. The van der Waals surface area contributed by atoms with E-state index in [-0.39, 0.29) is 18.4 Å². The van der Waals surface area contributed by atoms with Gasteiger partial charge in [0.2, 0.25) is 5.91 Å². The third-order valence-electron chi connectivity index (χ3n) is 6.28. The molecule has 1 aliphatic rings. The number of nitrogens with two attached hydrogens (primary N) is 1. The summed E-state index contributed by atoms with van der Waals surface area (Å²) >= 11 is 0. The average Bonchev–Trinajstić information content (AvgIpc) is 2.89. The van der Waals surface area contributed by atoms with Crippen LogP contribution in [0.2, 0.25) is 0 Å². The molecule has 4 amide bonds. The van der Waals surface area contributed by atoms with Crippen LogP contribution in [0, 0.1) is 5.92 Å². The van der Waals surface area contributed by atoms with E-state index < -0.39 is 23.9 Å². The van der Waals surface area contributed by atoms with Gasteiger partial charge in [0.1, 0.15) is 11.9 Å². The standard InChI is InChI=1S/C26H28N6O3/c1-3-21(18-10-12-28-13-11-18)30-26(35)32-23(25(34)31(2)19-7-5-4-6-8-19)20(24(32)33)15-17-9-14-29-22(27)16-17/h4-14,16,20-21,23H,3,15H2,1-2H3,(H2,27,29)(H,30,35)/t20-,21?,23?/m1/s1. The highest BCUT2D eigenvalue weighted by molar-refractivity contribution is 6.12. The van der Waals surface area contributed by atoms with Gasteiger partial charge in [-0.05, 0) is 60.4 Å². The van der Waals surface area contributed by atoms with Crippen molar-refractivity contribution in [1.82, 2.24) is 20.2 Å². The molecule has 1 aromatic carbocycles. The second-order valence-corrected chi connectivity index (χ2v) is 8.48. The lowest BCUT2D eigenvalue weighted by molar-refractivity contribution is -0.156. The van der Waals surface area contributed by atoms with Crippen molar-refractivity contribution in [1.29, 1.82) is 0 Å². The Balaban J connectivity index is 1.59. The van der Waals surface area contributed by atoms with Gasteiger partial charge >= 0.3 is 6.03 Å². The number of nitrogens with zero attached hydrogens (tertiary/aromatic N) is 4. The Bertz CT molecular complexity index is 1200. The van der Waals surface area contributed by atoms with Gasteiger partial charge in [0.05, 0.1) is 12.0 Å². The molecule has 0 saturated carbocycles. The number of amides is 4. The van der Waals surface area contributed by atoms with Gasteiger partial charge < -0.3 is 16.0 Å². The lowest BCUT2D eigenvalue weighted by Crippen LogP contribution is -2.70. The summed E-state index contributed by atoms with van der Waals surface area (Å²) in [6.07, 6.45) is 5.74. The van der Waals surface area contributed by atoms with E-state index in [2.05, 4.69) is 15.3 Å². The highest BCUT2D eigenvalue weighted by Gasteiger charge is 2.55. The molecule has 180 valence electrons. The van der Waals surface area contributed by atoms with Crippen molar-refractivity contribution in [2.75, 3.05) is 17.7 Å². The monoisotopic (exact) mass is 472 g/mol. The smallest absolute Gasteiger partial charge is 0.325 e. The Morgan fingerprint density at radius 1 is 1.11 bits per heavy atom. The number of aromatic nitrogens is 2. The predicted molar refractivity (Wildman–Crippen MR) is 132 cm³/mol. The van der Waals surface area contributed by atoms with Crippen molar-refractivity contribution < 1.29 is 14.4 Å². The summed E-state index contributed by atoms with van der Waals surface area (Å²) in [5.41, 5.74) is 8.12. The van der Waals surface area contributed by atoms with Crippen molar-refractivity contribution in [2.45, 2.75) is 31.8 Å². The first-order chi connectivity index (χ1) is 16.9. The molecule has 1 aliphatic heterocycles. The highest BCUT2D eigenvalue weighted by Crippen LogP contribution is 2.33. The lowest BCUT2D eigenvalue weighted by atomic mass is 9.81. The summed E-state index contributed by atoms with van der Waals surface area (Å²) in [6, 6.07) is 14.3. The van der Waals surface area contributed by atoms with Gasteiger partial charge in [-0.15, -0.1) is 0 Å². The van der Waals surface area contributed by atoms with E-state index in [1.165, 1.54) is 4.90 Å². The van der Waals surface area contributed by atoms with Crippen LogP contribution in [0.5, 0.6) is 0 Å². The van der Waals surface area contributed by atoms with Crippen molar-refractivity contribution in [3.63, 3.8) is 0 Å². The molecule has 3 aromatic rings. The van der Waals surface area contributed by atoms with Gasteiger partial charge in [-0.3, -0.25) is 19.5 Å². The molecule has 1 saturated heterocycles. The summed E-state index contributed by atoms with van der Waals surface area (Å²) in [6.45, 7) is 1.94. The minimum Gasteiger partial charge on any atom is -0.384 e. The van der Waals surface area contributed by atoms with Crippen LogP contribution in [0.25, 0.3) is 0 Å². The second kappa shape index (κ2) is 10.3. The maximum atomic E-state index is 13.6. The molecule has 0 aliphatic carbocycles. The lowest BCUT2D eigenvalue weighted by Gasteiger charge is -2.46. The van der Waals surface area contributed by atoms with E-state index in [0.29, 0.717) is 17.9 Å². The summed E-state index contributed by atoms with van der Waals surface area (Å²) in [4.78, 5) is 50.6. The molecular formula is C26H28N6O3. The SMILES string of the molecule is CCC(NC(=O)N1C(=O)[C@H](Cc2ccnc(N)c2)C1C(=O)N(C)c1ccccc1)c1ccncc1. The van der Waals surface area contributed by atoms with E-state index in [4.69, 9.17) is 5.73 Å². The van der Waals surface area contributed by atoms with Gasteiger partial charge in [-0.1, -0.05) is 25.1 Å². The molecule has 2 aromatic heterocycles. The molecule has 0 bridgehead atoms. The molecule has 4 rings (SSSR count). The van der Waals surface area contributed by atoms with Crippen molar-refractivity contribution >= 4 is 29.4 Å². The van der Waals surface area contributed by atoms with Crippen LogP contribution in [0.4, 0.5) is 16.3 Å². The third-order valence-corrected chi connectivity index (χ3v) is 6.28. The Kier molecular flexibility index (Phi) is 7.05. The van der Waals surface area contributed by atoms with Crippen LogP contribution in [0.1, 0.15) is 30.5 Å². The summed E-state index contributed by atoms with van der Waals surface area (Å²) in [5.74, 6) is -1.10. The van der Waals surface area contributed by atoms with E-state index >= 15 is 0 Å². The molecule has 9 nitrogen and oxygen atoms in total. The number of hydrogen-bond donors (Lipinski definition) is 2. The molecular weight excluding hydrogens is 444 g/mol. The van der Waals surface area contributed by atoms with Crippen molar-refractivity contribution in [3.8, 4) is 0 Å². The first kappa shape index (κ1) is 23.9. The van der Waals surface area contributed by atoms with E-state index in [1.807, 2.05) is 37.3 Å². The number of likely N-dealkylation sites (N-methyl/N-ethyl adjacent to an activating group) is 1. The van der Waals surface area contributed by atoms with Crippen LogP contribution in [-0.4, -0.2) is 45.8 Å². The topological polar surface area (TPSA) is 122 Å². The maximum Gasteiger partial charge on any atom is 0.325 e. The number of rotatable bonds is 7. The number of carbonyl (C=O) groups excluding carboxylic acids is 3. The van der Waals surface area contributed by atoms with Gasteiger partial charge in [-0.25, -0.2) is 9.78 Å². The fourth-order valence-corrected chi connectivity index (χ4v) is 4.34. The number of imide groups is 1. The quantitative estimate of drug-likeness (QED) is 0.510. The molecule has 1 fully saturated rings. The number of pyridine rings is 2. The van der Waals surface area contributed by atoms with Gasteiger partial charge in [-0.2, -0.15) is 0 Å². The fourth-order valence-electron chi connectivity index (χ4n) is 4.34. The molecule has 2 unspecified atom stereocenters. The van der Waals surface area contributed by atoms with Crippen molar-refractivity contribution in [2.24, 2.45) is 5.92 Å². The highest BCUT2D eigenvalue weighted by atomic mass is 16.2. The molecule has 3 heterocycles. The Morgan fingerprint density at radius 3 is 2.49 bits per heavy atom. The van der Waals surface area contributed by atoms with Gasteiger partial charge in [0.15, 0.2) is 0 Å². The number of nitrogen functional groups attached to an aromatic ring is 1. The summed E-state index contributed by atoms with van der Waals surface area (Å²) < 4.78 is 0. The number of hydrogen-bond acceptors (Lipinski definition) is 6. The largest absolute Gasteiger partial charge is 0.384 e. The zero-order chi connectivity index (χ0) is 24.9. The molecule has 3 N–H and O–H groups in total. The maximum absolute atomic E-state index is 13.6. The number of β-lactam (4-membered cyclic amide) rings is 1. The zero-order valence-corrected chi connectivity index (χ0v) is 19.7. The molecule has 35 heavy (non-hydrogen) atoms. The summed E-state index contributed by atoms with van der Waals surface area (Å²) in [5, 5.41) is 2.91. The van der Waals surface area contributed by atoms with E-state index in [9.17, 15) is 14.4 Å². The van der Waals surface area contributed by atoms with Crippen LogP contribution in [0.15, 0.2) is 73.2 Å². The Labute approximate surface area is 204 Å². The Morgan fingerprint density at radius 2 is 1.83 bits per heavy atom. The van der Waals surface area contributed by atoms with E-state index in [0.717, 1.165) is 16.0 Å². The molecule has 9 heteroatoms. The summed E-state index contributed by atoms with van der Waals surface area (Å²) in [7, 11) is 1.64. The number of likely N-dealkylation sites (tertiary alicyclic amines) is 1. The average molecular weight is 473 g/mol. The Hall–Kier alpha value is -4.27. The number of anilines is 2. The van der Waals surface area contributed by atoms with Crippen LogP contribution < -0.4 is 16.0 Å². The molecule has 3 atom stereocenters. The van der Waals surface area contributed by atoms with Crippen LogP contribution >= 0.6 is 0 Å². The van der Waals surface area contributed by atoms with Crippen LogP contribution in [-0.2, 0) is 16.0 Å². The molecule has 0 radical (unpaired) electrons. The zero-order valence-electron chi connectivity index (χ0n) is 19.7. The molecule has 0 spiro atoms. The number of benzene rings is 1. The predicted octanol–water partition coefficient (Wildman–Crippen LogP) is 2.95. The van der Waals surface area contributed by atoms with Gasteiger partial charge in [0, 0.05) is 31.3 Å². The van der Waals surface area contributed by atoms with E-state index in [1.54, 1.807) is 49.9 Å².